The third-order valence-corrected chi connectivity index (χ3v) is 3.78. The first-order valence-corrected chi connectivity index (χ1v) is 6.50. The van der Waals surface area contributed by atoms with Gasteiger partial charge in [-0.25, -0.2) is 4.39 Å². The topological polar surface area (TPSA) is 66.6 Å². The number of hydrogen-bond donors (Lipinski definition) is 2. The number of anilines is 1. The number of carbonyl (C=O) groups is 1. The number of rotatable bonds is 2. The second-order valence-electron chi connectivity index (χ2n) is 4.33. The Labute approximate surface area is 113 Å². The van der Waals surface area contributed by atoms with Crippen molar-refractivity contribution in [2.24, 2.45) is 0 Å². The van der Waals surface area contributed by atoms with Crippen molar-refractivity contribution >= 4 is 27.5 Å². The van der Waals surface area contributed by atoms with Crippen molar-refractivity contribution in [3.05, 3.63) is 28.0 Å². The van der Waals surface area contributed by atoms with Crippen molar-refractivity contribution in [2.45, 2.75) is 18.9 Å². The number of hydrogen-bond acceptors (Lipinski definition) is 3. The molecule has 0 bridgehead atoms. The van der Waals surface area contributed by atoms with Gasteiger partial charge in [-0.05, 0) is 40.9 Å². The van der Waals surface area contributed by atoms with Crippen LogP contribution in [0, 0.1) is 5.82 Å². The lowest BCUT2D eigenvalue weighted by Crippen LogP contribution is -2.38. The first kappa shape index (κ1) is 13.3. The molecule has 0 unspecified atom stereocenters. The van der Waals surface area contributed by atoms with Crippen molar-refractivity contribution in [1.82, 2.24) is 4.90 Å². The molecule has 0 aliphatic carbocycles. The summed E-state index contributed by atoms with van der Waals surface area (Å²) in [6.07, 6.45) is 1.61. The van der Waals surface area contributed by atoms with E-state index in [9.17, 15) is 14.3 Å². The molecule has 1 aromatic carbocycles. The highest BCUT2D eigenvalue weighted by Gasteiger charge is 2.30. The molecule has 1 fully saturated rings. The average Bonchev–Trinajstić information content (AvgIpc) is 2.81. The smallest absolute Gasteiger partial charge is 0.256 e. The van der Waals surface area contributed by atoms with E-state index in [-0.39, 0.29) is 34.3 Å². The maximum Gasteiger partial charge on any atom is 0.256 e. The Kier molecular flexibility index (Phi) is 3.87. The Morgan fingerprint density at radius 1 is 1.61 bits per heavy atom. The molecule has 0 saturated carbocycles. The van der Waals surface area contributed by atoms with Crippen LogP contribution in [0.5, 0.6) is 0 Å². The summed E-state index contributed by atoms with van der Waals surface area (Å²) in [7, 11) is 0. The lowest BCUT2D eigenvalue weighted by molar-refractivity contribution is 0.0678. The summed E-state index contributed by atoms with van der Waals surface area (Å²) in [5.74, 6) is -0.845. The molecule has 18 heavy (non-hydrogen) atoms. The van der Waals surface area contributed by atoms with E-state index in [1.54, 1.807) is 4.90 Å². The summed E-state index contributed by atoms with van der Waals surface area (Å²) in [6, 6.07) is 2.32. The van der Waals surface area contributed by atoms with Crippen molar-refractivity contribution in [3.8, 4) is 0 Å². The fourth-order valence-corrected chi connectivity index (χ4v) is 2.56. The Bertz CT molecular complexity index is 481. The van der Waals surface area contributed by atoms with Gasteiger partial charge in [0.1, 0.15) is 5.82 Å². The number of nitrogens with two attached hydrogens (primary N) is 1. The van der Waals surface area contributed by atoms with Gasteiger partial charge in [-0.1, -0.05) is 0 Å². The van der Waals surface area contributed by atoms with Crippen LogP contribution < -0.4 is 5.73 Å². The highest BCUT2D eigenvalue weighted by atomic mass is 79.9. The molecule has 2 rings (SSSR count). The normalized spacial score (nSPS) is 19.3. The minimum atomic E-state index is -0.521. The molecule has 0 radical (unpaired) electrons. The molecule has 1 atom stereocenters. The maximum absolute atomic E-state index is 13.5. The third kappa shape index (κ3) is 2.35. The van der Waals surface area contributed by atoms with Gasteiger partial charge in [-0.2, -0.15) is 0 Å². The Balaban J connectivity index is 2.31. The highest BCUT2D eigenvalue weighted by Crippen LogP contribution is 2.26. The molecule has 1 aliphatic heterocycles. The second-order valence-corrected chi connectivity index (χ2v) is 5.19. The number of halogens is 2. The van der Waals surface area contributed by atoms with Gasteiger partial charge in [0.2, 0.25) is 0 Å². The molecule has 1 aliphatic rings. The van der Waals surface area contributed by atoms with Crippen LogP contribution in [0.1, 0.15) is 23.2 Å². The Hall–Kier alpha value is -1.14. The van der Waals surface area contributed by atoms with Gasteiger partial charge in [-0.3, -0.25) is 4.79 Å². The molecular weight excluding hydrogens is 303 g/mol. The van der Waals surface area contributed by atoms with E-state index in [1.807, 2.05) is 0 Å². The number of amides is 1. The predicted molar refractivity (Wildman–Crippen MR) is 69.7 cm³/mol. The number of benzene rings is 1. The first-order chi connectivity index (χ1) is 8.54. The molecule has 98 valence electrons. The van der Waals surface area contributed by atoms with Crippen LogP contribution >= 0.6 is 15.9 Å². The van der Waals surface area contributed by atoms with Gasteiger partial charge in [0, 0.05) is 12.2 Å². The molecule has 3 N–H and O–H groups in total. The van der Waals surface area contributed by atoms with Gasteiger partial charge >= 0.3 is 0 Å². The second kappa shape index (κ2) is 5.24. The first-order valence-electron chi connectivity index (χ1n) is 5.71. The summed E-state index contributed by atoms with van der Waals surface area (Å²) >= 11 is 3.02. The molecule has 1 saturated heterocycles. The number of carbonyl (C=O) groups excluding carboxylic acids is 1. The van der Waals surface area contributed by atoms with Crippen LogP contribution in [0.3, 0.4) is 0 Å². The van der Waals surface area contributed by atoms with Crippen LogP contribution in [0.15, 0.2) is 16.6 Å². The molecule has 0 spiro atoms. The quantitative estimate of drug-likeness (QED) is 0.817. The number of likely N-dealkylation sites (tertiary alicyclic amines) is 1. The average molecular weight is 317 g/mol. The van der Waals surface area contributed by atoms with Gasteiger partial charge in [-0.15, -0.1) is 0 Å². The van der Waals surface area contributed by atoms with E-state index in [1.165, 1.54) is 6.07 Å². The summed E-state index contributed by atoms with van der Waals surface area (Å²) in [5, 5.41) is 9.19. The monoisotopic (exact) mass is 316 g/mol. The Morgan fingerprint density at radius 3 is 3.00 bits per heavy atom. The van der Waals surface area contributed by atoms with E-state index in [4.69, 9.17) is 5.73 Å². The van der Waals surface area contributed by atoms with Gasteiger partial charge < -0.3 is 15.7 Å². The van der Waals surface area contributed by atoms with Gasteiger partial charge in [0.05, 0.1) is 22.7 Å². The van der Waals surface area contributed by atoms with E-state index in [0.29, 0.717) is 6.54 Å². The summed E-state index contributed by atoms with van der Waals surface area (Å²) in [4.78, 5) is 13.8. The van der Waals surface area contributed by atoms with Crippen LogP contribution in [-0.4, -0.2) is 35.1 Å². The fourth-order valence-electron chi connectivity index (χ4n) is 2.20. The molecule has 1 aromatic rings. The van der Waals surface area contributed by atoms with Crippen LogP contribution in [0.25, 0.3) is 0 Å². The molecule has 6 heteroatoms. The molecule has 0 aromatic heterocycles. The minimum absolute atomic E-state index is 0.0787. The zero-order chi connectivity index (χ0) is 13.3. The molecule has 1 heterocycles. The predicted octanol–water partition coefficient (Wildman–Crippen LogP) is 1.77. The van der Waals surface area contributed by atoms with Crippen LogP contribution in [0.2, 0.25) is 0 Å². The Morgan fingerprint density at radius 2 is 2.33 bits per heavy atom. The van der Waals surface area contributed by atoms with E-state index >= 15 is 0 Å². The highest BCUT2D eigenvalue weighted by molar-refractivity contribution is 9.10. The third-order valence-electron chi connectivity index (χ3n) is 3.17. The van der Waals surface area contributed by atoms with Crippen LogP contribution in [-0.2, 0) is 0 Å². The summed E-state index contributed by atoms with van der Waals surface area (Å²) in [6.45, 7) is 0.492. The maximum atomic E-state index is 13.5. The number of nitrogen functional groups attached to an aromatic ring is 1. The zero-order valence-electron chi connectivity index (χ0n) is 9.70. The van der Waals surface area contributed by atoms with Gasteiger partial charge in [0.25, 0.3) is 5.91 Å². The number of nitrogens with zero attached hydrogens (tertiary/aromatic N) is 1. The number of aliphatic hydroxyl groups is 1. The lowest BCUT2D eigenvalue weighted by Gasteiger charge is -2.23. The van der Waals surface area contributed by atoms with E-state index in [2.05, 4.69) is 15.9 Å². The fraction of sp³-hybridized carbons (Fsp3) is 0.417. The summed E-state index contributed by atoms with van der Waals surface area (Å²) in [5.41, 5.74) is 6.12. The molecule has 1 amide bonds. The zero-order valence-corrected chi connectivity index (χ0v) is 11.3. The summed E-state index contributed by atoms with van der Waals surface area (Å²) < 4.78 is 13.7. The largest absolute Gasteiger partial charge is 0.398 e. The van der Waals surface area contributed by atoms with E-state index < -0.39 is 5.82 Å². The number of aliphatic hydroxyl groups excluding tert-OH is 1. The molecular formula is C12H14BrFN2O2. The lowest BCUT2D eigenvalue weighted by atomic mass is 10.1. The standard InChI is InChI=1S/C12H14BrFN2O2/c13-9-5-11(15)8(4-10(9)14)12(18)16-3-1-2-7(16)6-17/h4-5,7,17H,1-3,6,15H2/t7-/m1/s1. The van der Waals surface area contributed by atoms with E-state index in [0.717, 1.165) is 18.9 Å². The van der Waals surface area contributed by atoms with Crippen molar-refractivity contribution in [1.29, 1.82) is 0 Å². The van der Waals surface area contributed by atoms with Gasteiger partial charge in [0.15, 0.2) is 0 Å². The van der Waals surface area contributed by atoms with Crippen LogP contribution in [0.4, 0.5) is 10.1 Å². The van der Waals surface area contributed by atoms with Crippen molar-refractivity contribution < 1.29 is 14.3 Å². The van der Waals surface area contributed by atoms with Crippen molar-refractivity contribution in [3.63, 3.8) is 0 Å². The molecule has 4 nitrogen and oxygen atoms in total. The van der Waals surface area contributed by atoms with Crippen molar-refractivity contribution in [2.75, 3.05) is 18.9 Å². The SMILES string of the molecule is Nc1cc(Br)c(F)cc1C(=O)N1CCC[C@@H]1CO. The minimum Gasteiger partial charge on any atom is -0.398 e.